The molecule has 1 rings (SSSR count). The topological polar surface area (TPSA) is 116 Å². The van der Waals surface area contributed by atoms with Gasteiger partial charge in [0.15, 0.2) is 0 Å². The Labute approximate surface area is 129 Å². The van der Waals surface area contributed by atoms with Crippen LogP contribution in [-0.4, -0.2) is 48.8 Å². The molecule has 0 amide bonds. The van der Waals surface area contributed by atoms with Crippen molar-refractivity contribution in [3.8, 4) is 0 Å². The molecule has 22 heavy (non-hydrogen) atoms. The zero-order valence-electron chi connectivity index (χ0n) is 12.3. The Hall–Kier alpha value is -1.49. The molecule has 1 N–H and O–H groups in total. The van der Waals surface area contributed by atoms with Crippen molar-refractivity contribution in [2.75, 3.05) is 20.0 Å². The molecule has 1 atom stereocenters. The summed E-state index contributed by atoms with van der Waals surface area (Å²) >= 11 is 0. The van der Waals surface area contributed by atoms with E-state index < -0.39 is 38.8 Å². The van der Waals surface area contributed by atoms with Crippen LogP contribution in [0.3, 0.4) is 0 Å². The van der Waals surface area contributed by atoms with Crippen LogP contribution in [-0.2, 0) is 33.9 Å². The number of benzene rings is 1. The van der Waals surface area contributed by atoms with Crippen molar-refractivity contribution in [1.82, 2.24) is 4.72 Å². The lowest BCUT2D eigenvalue weighted by Gasteiger charge is -2.16. The smallest absolute Gasteiger partial charge is 0.326 e. The van der Waals surface area contributed by atoms with E-state index in [1.165, 1.54) is 12.1 Å². The van der Waals surface area contributed by atoms with Gasteiger partial charge in [-0.1, -0.05) is 17.7 Å². The highest BCUT2D eigenvalue weighted by Gasteiger charge is 2.28. The lowest BCUT2D eigenvalue weighted by molar-refractivity contribution is -0.143. The van der Waals surface area contributed by atoms with Gasteiger partial charge in [-0.25, -0.2) is 8.42 Å². The predicted molar refractivity (Wildman–Crippen MR) is 78.1 cm³/mol. The molecule has 0 saturated heterocycles. The second kappa shape index (κ2) is 7.18. The van der Waals surface area contributed by atoms with E-state index in [1.807, 2.05) is 0 Å². The highest BCUT2D eigenvalue weighted by Crippen LogP contribution is 2.11. The average molecular weight is 351 g/mol. The van der Waals surface area contributed by atoms with Crippen LogP contribution in [0, 0.1) is 6.92 Å². The van der Waals surface area contributed by atoms with Gasteiger partial charge in [-0.2, -0.15) is 13.1 Å². The molecule has 0 aliphatic heterocycles. The maximum Gasteiger partial charge on any atom is 0.326 e. The number of carbonyl (C=O) groups excluding carboxylic acids is 1. The quantitative estimate of drug-likeness (QED) is 0.534. The Morgan fingerprint density at radius 3 is 2.18 bits per heavy atom. The maximum atomic E-state index is 12.2. The molecule has 0 saturated carbocycles. The second-order valence-corrected chi connectivity index (χ2v) is 7.86. The summed E-state index contributed by atoms with van der Waals surface area (Å²) in [5, 5.41) is 0. The first kappa shape index (κ1) is 18.6. The molecule has 1 unspecified atom stereocenters. The first-order chi connectivity index (χ1) is 10.0. The molecule has 0 radical (unpaired) electrons. The van der Waals surface area contributed by atoms with E-state index >= 15 is 0 Å². The molecule has 0 spiro atoms. The van der Waals surface area contributed by atoms with Crippen LogP contribution >= 0.6 is 0 Å². The van der Waals surface area contributed by atoms with E-state index in [-0.39, 0.29) is 4.90 Å². The van der Waals surface area contributed by atoms with Crippen molar-refractivity contribution in [1.29, 1.82) is 0 Å². The molecule has 1 aromatic carbocycles. The first-order valence-corrected chi connectivity index (χ1v) is 9.36. The van der Waals surface area contributed by atoms with Crippen molar-refractivity contribution in [2.24, 2.45) is 0 Å². The van der Waals surface area contributed by atoms with Gasteiger partial charge < -0.3 is 4.74 Å². The highest BCUT2D eigenvalue weighted by atomic mass is 32.2. The zero-order chi connectivity index (χ0) is 17.0. The van der Waals surface area contributed by atoms with Gasteiger partial charge in [0.2, 0.25) is 10.0 Å². The average Bonchev–Trinajstić information content (AvgIpc) is 2.42. The third kappa shape index (κ3) is 5.72. The summed E-state index contributed by atoms with van der Waals surface area (Å²) in [5.41, 5.74) is 0.865. The van der Waals surface area contributed by atoms with Crippen LogP contribution < -0.4 is 4.72 Å². The Morgan fingerprint density at radius 1 is 1.18 bits per heavy atom. The zero-order valence-corrected chi connectivity index (χ0v) is 13.9. The number of ether oxygens (including phenoxy) is 1. The molecule has 1 aromatic rings. The molecule has 124 valence electrons. The number of hydrogen-bond donors (Lipinski definition) is 1. The number of esters is 1. The van der Waals surface area contributed by atoms with Gasteiger partial charge in [-0.3, -0.25) is 8.98 Å². The largest absolute Gasteiger partial charge is 0.468 e. The van der Waals surface area contributed by atoms with Gasteiger partial charge in [0.1, 0.15) is 6.04 Å². The van der Waals surface area contributed by atoms with E-state index in [0.717, 1.165) is 18.9 Å². The number of sulfonamides is 1. The fourth-order valence-corrected chi connectivity index (χ4v) is 3.01. The van der Waals surface area contributed by atoms with E-state index in [4.69, 9.17) is 0 Å². The summed E-state index contributed by atoms with van der Waals surface area (Å²) in [6.07, 6.45) is 0.788. The molecule has 0 aliphatic rings. The Balaban J connectivity index is 2.97. The summed E-state index contributed by atoms with van der Waals surface area (Å²) < 4.78 is 57.2. The van der Waals surface area contributed by atoms with Gasteiger partial charge >= 0.3 is 5.97 Å². The monoisotopic (exact) mass is 351 g/mol. The van der Waals surface area contributed by atoms with Crippen molar-refractivity contribution >= 4 is 26.1 Å². The lowest BCUT2D eigenvalue weighted by Crippen LogP contribution is -2.45. The minimum Gasteiger partial charge on any atom is -0.468 e. The number of methoxy groups -OCH3 is 1. The van der Waals surface area contributed by atoms with E-state index in [0.29, 0.717) is 0 Å². The third-order valence-electron chi connectivity index (χ3n) is 2.56. The summed E-state index contributed by atoms with van der Waals surface area (Å²) in [6, 6.07) is 4.43. The van der Waals surface area contributed by atoms with Gasteiger partial charge in [-0.15, -0.1) is 0 Å². The molecular weight excluding hydrogens is 334 g/mol. The molecule has 0 aromatic heterocycles. The van der Waals surface area contributed by atoms with E-state index in [2.05, 4.69) is 13.6 Å². The molecule has 0 aliphatic carbocycles. The van der Waals surface area contributed by atoms with Crippen molar-refractivity contribution in [2.45, 2.75) is 17.9 Å². The predicted octanol–water partition coefficient (Wildman–Crippen LogP) is -0.209. The van der Waals surface area contributed by atoms with Crippen LogP contribution in [0.25, 0.3) is 0 Å². The normalized spacial score (nSPS) is 13.6. The molecule has 10 heteroatoms. The van der Waals surface area contributed by atoms with Gasteiger partial charge in [0.05, 0.1) is 24.9 Å². The fourth-order valence-electron chi connectivity index (χ4n) is 1.46. The number of carbonyl (C=O) groups is 1. The van der Waals surface area contributed by atoms with Gasteiger partial charge in [0.25, 0.3) is 10.1 Å². The van der Waals surface area contributed by atoms with Crippen LogP contribution in [0.5, 0.6) is 0 Å². The lowest BCUT2D eigenvalue weighted by atomic mass is 10.2. The Kier molecular flexibility index (Phi) is 6.06. The summed E-state index contributed by atoms with van der Waals surface area (Å²) in [7, 11) is -6.80. The summed E-state index contributed by atoms with van der Waals surface area (Å²) in [5.74, 6) is -0.959. The van der Waals surface area contributed by atoms with Crippen LogP contribution in [0.1, 0.15) is 5.56 Å². The third-order valence-corrected chi connectivity index (χ3v) is 4.62. The van der Waals surface area contributed by atoms with Crippen molar-refractivity contribution in [3.63, 3.8) is 0 Å². The molecule has 0 fully saturated rings. The fraction of sp³-hybridized carbons (Fsp3) is 0.417. The van der Waals surface area contributed by atoms with Crippen LogP contribution in [0.2, 0.25) is 0 Å². The Bertz CT molecular complexity index is 723. The molecule has 0 bridgehead atoms. The number of hydrogen-bond acceptors (Lipinski definition) is 7. The summed E-state index contributed by atoms with van der Waals surface area (Å²) in [4.78, 5) is 11.5. The van der Waals surface area contributed by atoms with E-state index in [1.54, 1.807) is 19.1 Å². The Morgan fingerprint density at radius 2 is 1.73 bits per heavy atom. The maximum absolute atomic E-state index is 12.2. The van der Waals surface area contributed by atoms with Gasteiger partial charge in [-0.05, 0) is 19.1 Å². The van der Waals surface area contributed by atoms with Gasteiger partial charge in [0, 0.05) is 0 Å². The molecular formula is C12H17NO7S2. The number of nitrogens with one attached hydrogen (secondary N) is 1. The second-order valence-electron chi connectivity index (χ2n) is 4.50. The standard InChI is InChI=1S/C12H17NO7S2/c1-9-4-6-10(7-5-9)22(17,18)13-11(12(14)19-2)8-20-21(3,15)16/h4-7,11,13H,8H2,1-3H3. The van der Waals surface area contributed by atoms with E-state index in [9.17, 15) is 21.6 Å². The van der Waals surface area contributed by atoms with Crippen molar-refractivity contribution in [3.05, 3.63) is 29.8 Å². The molecule has 0 heterocycles. The minimum absolute atomic E-state index is 0.0636. The minimum atomic E-state index is -4.02. The van der Waals surface area contributed by atoms with Crippen LogP contribution in [0.15, 0.2) is 29.2 Å². The number of aryl methyl sites for hydroxylation is 1. The SMILES string of the molecule is COC(=O)C(COS(C)(=O)=O)NS(=O)(=O)c1ccc(C)cc1. The number of rotatable bonds is 7. The van der Waals surface area contributed by atoms with Crippen molar-refractivity contribution < 1.29 is 30.6 Å². The first-order valence-electron chi connectivity index (χ1n) is 6.06. The highest BCUT2D eigenvalue weighted by molar-refractivity contribution is 7.89. The molecule has 8 nitrogen and oxygen atoms in total. The summed E-state index contributed by atoms with van der Waals surface area (Å²) in [6.45, 7) is 1.09. The van der Waals surface area contributed by atoms with Crippen LogP contribution in [0.4, 0.5) is 0 Å².